The average Bonchev–Trinajstić information content (AvgIpc) is 2.99. The highest BCUT2D eigenvalue weighted by molar-refractivity contribution is 5.86. The summed E-state index contributed by atoms with van der Waals surface area (Å²) >= 11 is 0. The molecule has 4 unspecified atom stereocenters. The van der Waals surface area contributed by atoms with Crippen molar-refractivity contribution in [2.75, 3.05) is 13.1 Å². The van der Waals surface area contributed by atoms with Crippen molar-refractivity contribution in [2.45, 2.75) is 57.4 Å². The van der Waals surface area contributed by atoms with E-state index in [1.165, 1.54) is 38.5 Å². The lowest BCUT2D eigenvalue weighted by Gasteiger charge is -2.34. The van der Waals surface area contributed by atoms with E-state index in [4.69, 9.17) is 0 Å². The number of fused-ring (bicyclic) bond motifs is 2. The number of hydrogen-bond acceptors (Lipinski definition) is 2. The van der Waals surface area contributed by atoms with Crippen LogP contribution in [0.25, 0.3) is 0 Å². The molecule has 1 amide bonds. The molecule has 0 aromatic heterocycles. The predicted octanol–water partition coefficient (Wildman–Crippen LogP) is 2.49. The molecule has 2 saturated carbocycles. The van der Waals surface area contributed by atoms with Crippen molar-refractivity contribution in [3.05, 3.63) is 0 Å². The summed E-state index contributed by atoms with van der Waals surface area (Å²) in [5.74, 6) is 2.87. The minimum absolute atomic E-state index is 0. The summed E-state index contributed by atoms with van der Waals surface area (Å²) < 4.78 is 0. The first-order valence-corrected chi connectivity index (χ1v) is 7.71. The fraction of sp³-hybridized carbons (Fsp3) is 0.933. The Hall–Kier alpha value is -0.280. The fourth-order valence-electron chi connectivity index (χ4n) is 4.30. The van der Waals surface area contributed by atoms with Crippen molar-refractivity contribution in [2.24, 2.45) is 17.8 Å². The van der Waals surface area contributed by atoms with Gasteiger partial charge in [-0.1, -0.05) is 6.42 Å². The van der Waals surface area contributed by atoms with Crippen molar-refractivity contribution in [3.63, 3.8) is 0 Å². The molecule has 4 atom stereocenters. The summed E-state index contributed by atoms with van der Waals surface area (Å²) in [6.07, 6.45) is 8.98. The topological polar surface area (TPSA) is 41.1 Å². The highest BCUT2D eigenvalue weighted by atomic mass is 35.5. The molecule has 3 fully saturated rings. The van der Waals surface area contributed by atoms with Crippen LogP contribution >= 0.6 is 12.4 Å². The van der Waals surface area contributed by atoms with Gasteiger partial charge in [0, 0.05) is 6.54 Å². The SMILES string of the molecule is CC1(C(=O)NCC2CC3CCC2C3)CCCCN1.Cl. The Morgan fingerprint density at radius 1 is 1.32 bits per heavy atom. The summed E-state index contributed by atoms with van der Waals surface area (Å²) in [4.78, 5) is 12.3. The minimum Gasteiger partial charge on any atom is -0.354 e. The second-order valence-corrected chi connectivity index (χ2v) is 6.86. The Kier molecular flexibility index (Phi) is 4.78. The van der Waals surface area contributed by atoms with E-state index in [9.17, 15) is 4.79 Å². The number of rotatable bonds is 3. The molecule has 3 aliphatic rings. The van der Waals surface area contributed by atoms with E-state index in [-0.39, 0.29) is 23.9 Å². The van der Waals surface area contributed by atoms with Crippen molar-refractivity contribution in [1.82, 2.24) is 10.6 Å². The summed E-state index contributed by atoms with van der Waals surface area (Å²) in [6.45, 7) is 3.96. The maximum atomic E-state index is 12.3. The van der Waals surface area contributed by atoms with Crippen LogP contribution < -0.4 is 10.6 Å². The molecule has 0 aromatic carbocycles. The van der Waals surface area contributed by atoms with E-state index in [0.29, 0.717) is 0 Å². The number of amides is 1. The molecule has 2 aliphatic carbocycles. The standard InChI is InChI=1S/C15H26N2O.ClH/c1-15(6-2-3-7-17-15)14(18)16-10-13-9-11-4-5-12(13)8-11;/h11-13,17H,2-10H2,1H3,(H,16,18);1H. The van der Waals surface area contributed by atoms with E-state index >= 15 is 0 Å². The number of carbonyl (C=O) groups excluding carboxylic acids is 1. The molecule has 4 heteroatoms. The molecule has 1 saturated heterocycles. The smallest absolute Gasteiger partial charge is 0.240 e. The van der Waals surface area contributed by atoms with Crippen LogP contribution in [0.3, 0.4) is 0 Å². The Morgan fingerprint density at radius 3 is 2.74 bits per heavy atom. The third-order valence-electron chi connectivity index (χ3n) is 5.53. The van der Waals surface area contributed by atoms with Crippen molar-refractivity contribution in [3.8, 4) is 0 Å². The second-order valence-electron chi connectivity index (χ2n) is 6.86. The monoisotopic (exact) mass is 286 g/mol. The van der Waals surface area contributed by atoms with Gasteiger partial charge in [0.1, 0.15) is 0 Å². The lowest BCUT2D eigenvalue weighted by atomic mass is 9.87. The average molecular weight is 287 g/mol. The molecule has 3 nitrogen and oxygen atoms in total. The molecule has 1 aliphatic heterocycles. The van der Waals surface area contributed by atoms with Gasteiger partial charge in [0.15, 0.2) is 0 Å². The zero-order valence-electron chi connectivity index (χ0n) is 11.9. The Morgan fingerprint density at radius 2 is 2.16 bits per heavy atom. The van der Waals surface area contributed by atoms with Gasteiger partial charge in [-0.3, -0.25) is 4.79 Å². The Bertz CT molecular complexity index is 328. The van der Waals surface area contributed by atoms with Crippen LogP contribution in [-0.4, -0.2) is 24.5 Å². The highest BCUT2D eigenvalue weighted by Gasteiger charge is 2.40. The molecule has 0 radical (unpaired) electrons. The molecule has 0 aromatic rings. The predicted molar refractivity (Wildman–Crippen MR) is 79.5 cm³/mol. The zero-order chi connectivity index (χ0) is 12.6. The van der Waals surface area contributed by atoms with Crippen molar-refractivity contribution >= 4 is 18.3 Å². The van der Waals surface area contributed by atoms with Gasteiger partial charge in [-0.2, -0.15) is 0 Å². The molecular formula is C15H27ClN2O. The molecule has 19 heavy (non-hydrogen) atoms. The number of piperidine rings is 1. The molecule has 0 spiro atoms. The quantitative estimate of drug-likeness (QED) is 0.837. The number of halogens is 1. The van der Waals surface area contributed by atoms with Gasteiger partial charge in [-0.15, -0.1) is 12.4 Å². The summed E-state index contributed by atoms with van der Waals surface area (Å²) in [7, 11) is 0. The van der Waals surface area contributed by atoms with Crippen LogP contribution in [0, 0.1) is 17.8 Å². The molecule has 3 rings (SSSR count). The lowest BCUT2D eigenvalue weighted by molar-refractivity contribution is -0.128. The Labute approximate surface area is 122 Å². The largest absolute Gasteiger partial charge is 0.354 e. The van der Waals surface area contributed by atoms with E-state index in [1.807, 2.05) is 0 Å². The van der Waals surface area contributed by atoms with Gasteiger partial charge in [-0.25, -0.2) is 0 Å². The van der Waals surface area contributed by atoms with E-state index in [1.54, 1.807) is 0 Å². The number of nitrogens with one attached hydrogen (secondary N) is 2. The third-order valence-corrected chi connectivity index (χ3v) is 5.53. The normalized spacial score (nSPS) is 40.8. The van der Waals surface area contributed by atoms with Gasteiger partial charge < -0.3 is 10.6 Å². The first kappa shape index (κ1) is 15.1. The van der Waals surface area contributed by atoms with Gasteiger partial charge in [0.2, 0.25) is 5.91 Å². The first-order valence-electron chi connectivity index (χ1n) is 7.71. The number of carbonyl (C=O) groups is 1. The molecule has 2 N–H and O–H groups in total. The van der Waals surface area contributed by atoms with Crippen LogP contribution in [0.5, 0.6) is 0 Å². The maximum absolute atomic E-state index is 12.3. The molecule has 2 bridgehead atoms. The second kappa shape index (κ2) is 6.01. The molecule has 110 valence electrons. The van der Waals surface area contributed by atoms with Gasteiger partial charge >= 0.3 is 0 Å². The summed E-state index contributed by atoms with van der Waals surface area (Å²) in [6, 6.07) is 0. The third kappa shape index (κ3) is 3.08. The summed E-state index contributed by atoms with van der Waals surface area (Å²) in [5.41, 5.74) is -0.310. The zero-order valence-corrected chi connectivity index (χ0v) is 12.7. The van der Waals surface area contributed by atoms with Gasteiger partial charge in [0.05, 0.1) is 5.54 Å². The Balaban J connectivity index is 0.00000133. The maximum Gasteiger partial charge on any atom is 0.240 e. The fourth-order valence-corrected chi connectivity index (χ4v) is 4.30. The van der Waals surface area contributed by atoms with Crippen LogP contribution in [0.1, 0.15) is 51.9 Å². The minimum atomic E-state index is -0.310. The van der Waals surface area contributed by atoms with E-state index in [0.717, 1.165) is 37.3 Å². The first-order chi connectivity index (χ1) is 8.67. The summed E-state index contributed by atoms with van der Waals surface area (Å²) in [5, 5.41) is 6.61. The van der Waals surface area contributed by atoms with Gasteiger partial charge in [-0.05, 0) is 69.7 Å². The van der Waals surface area contributed by atoms with Crippen LogP contribution in [-0.2, 0) is 4.79 Å². The van der Waals surface area contributed by atoms with Gasteiger partial charge in [0.25, 0.3) is 0 Å². The molecule has 1 heterocycles. The van der Waals surface area contributed by atoms with E-state index in [2.05, 4.69) is 17.6 Å². The van der Waals surface area contributed by atoms with Crippen LogP contribution in [0.2, 0.25) is 0 Å². The molecular weight excluding hydrogens is 260 g/mol. The van der Waals surface area contributed by atoms with Crippen molar-refractivity contribution < 1.29 is 4.79 Å². The van der Waals surface area contributed by atoms with E-state index < -0.39 is 0 Å². The lowest BCUT2D eigenvalue weighted by Crippen LogP contribution is -2.57. The van der Waals surface area contributed by atoms with Crippen molar-refractivity contribution in [1.29, 1.82) is 0 Å². The van der Waals surface area contributed by atoms with Crippen LogP contribution in [0.4, 0.5) is 0 Å². The number of hydrogen-bond donors (Lipinski definition) is 2. The highest BCUT2D eigenvalue weighted by Crippen LogP contribution is 2.47. The van der Waals surface area contributed by atoms with Crippen LogP contribution in [0.15, 0.2) is 0 Å².